The number of esters is 1. The molecule has 9 nitrogen and oxygen atoms in total. The average Bonchev–Trinajstić information content (AvgIpc) is 3.31. The lowest BCUT2D eigenvalue weighted by molar-refractivity contribution is -0.393. The number of ether oxygens (including phenoxy) is 2. The maximum atomic E-state index is 12.8. The standard InChI is InChI=1S/C22H25ClN2O7/c1-13-6-5-8-22(4)18(32-22)12-21(2,3)9-7-17(13)31-20(26)14-10-15(24(27)28)19(23)16(11-14)25(29)30/h6-7,9-11,17-18H,5,8,12H2,1-4H3/b9-7+,13-6+/t17-,18+,22+/m1/s1. The van der Waals surface area contributed by atoms with E-state index in [-0.39, 0.29) is 22.7 Å². The Hall–Kier alpha value is -2.78. The number of rotatable bonds is 4. The van der Waals surface area contributed by atoms with Gasteiger partial charge in [-0.05, 0) is 50.2 Å². The number of nitrogens with zero attached hydrogens (tertiary/aromatic N) is 2. The molecule has 0 radical (unpaired) electrons. The average molecular weight is 465 g/mol. The Morgan fingerprint density at radius 1 is 1.19 bits per heavy atom. The van der Waals surface area contributed by atoms with Crippen molar-refractivity contribution in [2.75, 3.05) is 0 Å². The molecule has 0 spiro atoms. The molecule has 10 heteroatoms. The summed E-state index contributed by atoms with van der Waals surface area (Å²) in [7, 11) is 0. The van der Waals surface area contributed by atoms with Gasteiger partial charge in [-0.1, -0.05) is 37.6 Å². The minimum absolute atomic E-state index is 0.153. The van der Waals surface area contributed by atoms with Crippen molar-refractivity contribution < 1.29 is 24.1 Å². The van der Waals surface area contributed by atoms with Gasteiger partial charge in [-0.2, -0.15) is 0 Å². The smallest absolute Gasteiger partial charge is 0.339 e. The zero-order valence-corrected chi connectivity index (χ0v) is 19.0. The van der Waals surface area contributed by atoms with E-state index in [4.69, 9.17) is 21.1 Å². The van der Waals surface area contributed by atoms with E-state index in [0.29, 0.717) is 0 Å². The molecule has 32 heavy (non-hydrogen) atoms. The number of fused-ring (bicyclic) bond motifs is 1. The molecule has 1 heterocycles. The van der Waals surface area contributed by atoms with E-state index < -0.39 is 38.3 Å². The van der Waals surface area contributed by atoms with Gasteiger partial charge in [-0.25, -0.2) is 4.79 Å². The van der Waals surface area contributed by atoms with Gasteiger partial charge in [0.15, 0.2) is 5.02 Å². The zero-order valence-electron chi connectivity index (χ0n) is 18.3. The van der Waals surface area contributed by atoms with Crippen LogP contribution in [0.4, 0.5) is 11.4 Å². The Morgan fingerprint density at radius 2 is 1.78 bits per heavy atom. The van der Waals surface area contributed by atoms with E-state index in [1.54, 1.807) is 6.08 Å². The first-order valence-corrected chi connectivity index (χ1v) is 10.6. The summed E-state index contributed by atoms with van der Waals surface area (Å²) in [6, 6.07) is 1.78. The fraction of sp³-hybridized carbons (Fsp3) is 0.500. The fourth-order valence-electron chi connectivity index (χ4n) is 3.81. The number of hydrogen-bond acceptors (Lipinski definition) is 7. The molecule has 1 saturated heterocycles. The Kier molecular flexibility index (Phi) is 6.44. The number of carbonyl (C=O) groups excluding carboxylic acids is 1. The second-order valence-electron chi connectivity index (χ2n) is 9.13. The second kappa shape index (κ2) is 8.63. The lowest BCUT2D eigenvalue weighted by atomic mass is 9.83. The predicted molar refractivity (Wildman–Crippen MR) is 118 cm³/mol. The van der Waals surface area contributed by atoms with Crippen LogP contribution >= 0.6 is 11.6 Å². The quantitative estimate of drug-likeness (QED) is 0.188. The van der Waals surface area contributed by atoms with Crippen LogP contribution in [-0.2, 0) is 9.47 Å². The molecule has 0 N–H and O–H groups in total. The maximum absolute atomic E-state index is 12.8. The lowest BCUT2D eigenvalue weighted by Crippen LogP contribution is -2.20. The predicted octanol–water partition coefficient (Wildman–Crippen LogP) is 5.55. The topological polar surface area (TPSA) is 125 Å². The molecule has 1 aliphatic carbocycles. The molecule has 1 aromatic rings. The van der Waals surface area contributed by atoms with E-state index in [0.717, 1.165) is 37.0 Å². The van der Waals surface area contributed by atoms with Gasteiger partial charge in [0.05, 0.1) is 27.1 Å². The number of halogens is 1. The van der Waals surface area contributed by atoms with Crippen LogP contribution in [0.15, 0.2) is 35.9 Å². The van der Waals surface area contributed by atoms with Crippen molar-refractivity contribution in [3.8, 4) is 0 Å². The van der Waals surface area contributed by atoms with Crippen LogP contribution in [0.3, 0.4) is 0 Å². The summed E-state index contributed by atoms with van der Waals surface area (Å²) < 4.78 is 11.5. The van der Waals surface area contributed by atoms with Crippen LogP contribution in [-0.4, -0.2) is 33.6 Å². The first kappa shape index (κ1) is 23.9. The van der Waals surface area contributed by atoms with Gasteiger partial charge in [-0.15, -0.1) is 0 Å². The number of allylic oxidation sites excluding steroid dienone is 2. The highest BCUT2D eigenvalue weighted by molar-refractivity contribution is 6.35. The number of nitro groups is 2. The Morgan fingerprint density at radius 3 is 2.34 bits per heavy atom. The van der Waals surface area contributed by atoms with Crippen molar-refractivity contribution in [1.82, 2.24) is 0 Å². The summed E-state index contributed by atoms with van der Waals surface area (Å²) in [5.74, 6) is -0.916. The molecule has 0 saturated carbocycles. The van der Waals surface area contributed by atoms with Crippen LogP contribution in [0.1, 0.15) is 57.3 Å². The summed E-state index contributed by atoms with van der Waals surface area (Å²) in [4.78, 5) is 33.6. The van der Waals surface area contributed by atoms with E-state index in [1.807, 2.05) is 19.1 Å². The van der Waals surface area contributed by atoms with Crippen molar-refractivity contribution in [2.45, 2.75) is 64.8 Å². The van der Waals surface area contributed by atoms with Crippen LogP contribution in [0.2, 0.25) is 5.02 Å². The monoisotopic (exact) mass is 464 g/mol. The van der Waals surface area contributed by atoms with Crippen LogP contribution < -0.4 is 0 Å². The largest absolute Gasteiger partial charge is 0.450 e. The van der Waals surface area contributed by atoms with E-state index >= 15 is 0 Å². The first-order valence-electron chi connectivity index (χ1n) is 10.2. The molecule has 0 amide bonds. The number of benzene rings is 1. The number of carbonyl (C=O) groups is 1. The van der Waals surface area contributed by atoms with Crippen LogP contribution in [0, 0.1) is 25.6 Å². The minimum atomic E-state index is -0.916. The third kappa shape index (κ3) is 5.16. The molecule has 1 fully saturated rings. The Labute approximate surface area is 190 Å². The summed E-state index contributed by atoms with van der Waals surface area (Å²) in [5, 5.41) is 21.8. The van der Waals surface area contributed by atoms with Gasteiger partial charge in [0.2, 0.25) is 0 Å². The molecule has 0 bridgehead atoms. The molecule has 1 aromatic carbocycles. The summed E-state index contributed by atoms with van der Waals surface area (Å²) in [6.45, 7) is 8.05. The van der Waals surface area contributed by atoms with Gasteiger partial charge in [0, 0.05) is 12.1 Å². The van der Waals surface area contributed by atoms with E-state index in [9.17, 15) is 25.0 Å². The minimum Gasteiger partial charge on any atom is -0.450 e. The number of nitro benzene ring substituents is 2. The normalized spacial score (nSPS) is 29.5. The highest BCUT2D eigenvalue weighted by atomic mass is 35.5. The molecule has 1 aliphatic heterocycles. The van der Waals surface area contributed by atoms with Gasteiger partial charge in [-0.3, -0.25) is 20.2 Å². The van der Waals surface area contributed by atoms with E-state index in [2.05, 4.69) is 20.8 Å². The lowest BCUT2D eigenvalue weighted by Gasteiger charge is -2.21. The molecule has 2 aliphatic rings. The molecular weight excluding hydrogens is 440 g/mol. The molecule has 0 unspecified atom stereocenters. The Bertz CT molecular complexity index is 998. The summed E-state index contributed by atoms with van der Waals surface area (Å²) >= 11 is 5.77. The van der Waals surface area contributed by atoms with Crippen molar-refractivity contribution in [1.29, 1.82) is 0 Å². The van der Waals surface area contributed by atoms with Crippen LogP contribution in [0.25, 0.3) is 0 Å². The Balaban J connectivity index is 1.91. The fourth-order valence-corrected chi connectivity index (χ4v) is 4.06. The van der Waals surface area contributed by atoms with Crippen molar-refractivity contribution in [3.05, 3.63) is 66.7 Å². The van der Waals surface area contributed by atoms with E-state index in [1.165, 1.54) is 0 Å². The van der Waals surface area contributed by atoms with Crippen molar-refractivity contribution in [3.63, 3.8) is 0 Å². The molecule has 0 aromatic heterocycles. The summed E-state index contributed by atoms with van der Waals surface area (Å²) in [6.07, 6.45) is 7.53. The molecule has 3 rings (SSSR count). The van der Waals surface area contributed by atoms with Gasteiger partial charge in [0.25, 0.3) is 11.4 Å². The molecule has 172 valence electrons. The maximum Gasteiger partial charge on any atom is 0.339 e. The molecular formula is C22H25ClN2O7. The van der Waals surface area contributed by atoms with Gasteiger partial charge in [0.1, 0.15) is 6.10 Å². The first-order chi connectivity index (χ1) is 14.8. The summed E-state index contributed by atoms with van der Waals surface area (Å²) in [5.41, 5.74) is -1.36. The third-order valence-electron chi connectivity index (χ3n) is 5.92. The highest BCUT2D eigenvalue weighted by Crippen LogP contribution is 2.47. The third-order valence-corrected chi connectivity index (χ3v) is 6.31. The van der Waals surface area contributed by atoms with Crippen LogP contribution in [0.5, 0.6) is 0 Å². The zero-order chi connectivity index (χ0) is 23.8. The van der Waals surface area contributed by atoms with Gasteiger partial charge < -0.3 is 9.47 Å². The number of epoxide rings is 1. The SMILES string of the molecule is C/C1=C\CC[C@]2(C)O[C@H]2CC(C)(C)/C=C/[C@H]1OC(=O)c1cc([N+](=O)[O-])c(Cl)c([N+](=O)[O-])c1. The highest BCUT2D eigenvalue weighted by Gasteiger charge is 2.52. The van der Waals surface area contributed by atoms with Crippen molar-refractivity contribution in [2.24, 2.45) is 5.41 Å². The van der Waals surface area contributed by atoms with Crippen molar-refractivity contribution >= 4 is 28.9 Å². The second-order valence-corrected chi connectivity index (χ2v) is 9.50. The van der Waals surface area contributed by atoms with Gasteiger partial charge >= 0.3 is 5.97 Å². The number of hydrogen-bond donors (Lipinski definition) is 0. The molecule has 3 atom stereocenters.